The first-order valence-corrected chi connectivity index (χ1v) is 6.40. The summed E-state index contributed by atoms with van der Waals surface area (Å²) in [6.45, 7) is 0. The number of hydrogen-bond donors (Lipinski definition) is 1. The van der Waals surface area contributed by atoms with Crippen molar-refractivity contribution in [3.05, 3.63) is 70.2 Å². The Hall–Kier alpha value is -3.16. The van der Waals surface area contributed by atoms with Gasteiger partial charge in [0.25, 0.3) is 5.69 Å². The lowest BCUT2D eigenvalue weighted by Gasteiger charge is -2.09. The molecule has 1 N–H and O–H groups in total. The van der Waals surface area contributed by atoms with E-state index in [1.807, 2.05) is 0 Å². The number of benzene rings is 2. The molecule has 0 fully saturated rings. The lowest BCUT2D eigenvalue weighted by molar-refractivity contribution is -0.383. The smallest absolute Gasteiger partial charge is 0.280 e. The van der Waals surface area contributed by atoms with Crippen LogP contribution >= 0.6 is 0 Å². The van der Waals surface area contributed by atoms with Crippen LogP contribution in [0, 0.1) is 27.6 Å². The Labute approximate surface area is 127 Å². The van der Waals surface area contributed by atoms with Gasteiger partial charge in [-0.05, 0) is 24.3 Å². The lowest BCUT2D eigenvalue weighted by Crippen LogP contribution is -1.98. The number of nitro groups is 1. The van der Waals surface area contributed by atoms with Crippen molar-refractivity contribution in [1.82, 2.24) is 4.98 Å². The zero-order chi connectivity index (χ0) is 16.6. The summed E-state index contributed by atoms with van der Waals surface area (Å²) >= 11 is 0. The molecule has 1 heterocycles. The van der Waals surface area contributed by atoms with E-state index in [1.54, 1.807) is 0 Å². The summed E-state index contributed by atoms with van der Waals surface area (Å²) in [5, 5.41) is 14.1. The second-order valence-corrected chi connectivity index (χ2v) is 4.69. The highest BCUT2D eigenvalue weighted by Gasteiger charge is 2.17. The van der Waals surface area contributed by atoms with Crippen molar-refractivity contribution in [2.24, 2.45) is 0 Å². The third kappa shape index (κ3) is 2.78. The normalized spacial score (nSPS) is 10.7. The highest BCUT2D eigenvalue weighted by molar-refractivity contribution is 5.98. The number of nitrogens with one attached hydrogen (secondary N) is 1. The van der Waals surface area contributed by atoms with Crippen LogP contribution in [0.5, 0.6) is 0 Å². The fourth-order valence-corrected chi connectivity index (χ4v) is 2.19. The molecule has 3 aromatic rings. The van der Waals surface area contributed by atoms with Crippen LogP contribution in [0.4, 0.5) is 30.4 Å². The monoisotopic (exact) mass is 319 g/mol. The van der Waals surface area contributed by atoms with Gasteiger partial charge in [0.2, 0.25) is 0 Å². The second kappa shape index (κ2) is 5.56. The number of non-ortho nitro benzene ring substituents is 1. The van der Waals surface area contributed by atoms with Crippen LogP contribution in [-0.4, -0.2) is 9.91 Å². The quantitative estimate of drug-likeness (QED) is 0.577. The standard InChI is InChI=1S/C15H8F3N3O2/c16-8-5-11-10(14(6-8)21(22)23)3-4-19-15(11)20-9-1-2-12(17)13(18)7-9/h1-7H,(H,19,20). The summed E-state index contributed by atoms with van der Waals surface area (Å²) in [5.74, 6) is -2.78. The molecule has 0 bridgehead atoms. The number of hydrogen-bond acceptors (Lipinski definition) is 4. The minimum Gasteiger partial charge on any atom is -0.340 e. The van der Waals surface area contributed by atoms with E-state index in [1.165, 1.54) is 18.3 Å². The van der Waals surface area contributed by atoms with E-state index >= 15 is 0 Å². The van der Waals surface area contributed by atoms with Crippen molar-refractivity contribution >= 4 is 28.0 Å². The summed E-state index contributed by atoms with van der Waals surface area (Å²) in [4.78, 5) is 14.3. The maximum absolute atomic E-state index is 13.6. The van der Waals surface area contributed by atoms with E-state index in [9.17, 15) is 23.3 Å². The molecule has 0 aliphatic rings. The van der Waals surface area contributed by atoms with E-state index in [0.29, 0.717) is 0 Å². The Morgan fingerprint density at radius 3 is 2.48 bits per heavy atom. The third-order valence-electron chi connectivity index (χ3n) is 3.20. The lowest BCUT2D eigenvalue weighted by atomic mass is 10.1. The summed E-state index contributed by atoms with van der Waals surface area (Å²) in [6.07, 6.45) is 1.30. The number of fused-ring (bicyclic) bond motifs is 1. The van der Waals surface area contributed by atoms with Gasteiger partial charge in [0, 0.05) is 23.3 Å². The van der Waals surface area contributed by atoms with Crippen molar-refractivity contribution in [2.45, 2.75) is 0 Å². The average molecular weight is 319 g/mol. The number of pyridine rings is 1. The second-order valence-electron chi connectivity index (χ2n) is 4.69. The largest absolute Gasteiger partial charge is 0.340 e. The summed E-state index contributed by atoms with van der Waals surface area (Å²) in [6, 6.07) is 6.37. The first kappa shape index (κ1) is 14.8. The predicted molar refractivity (Wildman–Crippen MR) is 78.0 cm³/mol. The van der Waals surface area contributed by atoms with Crippen LogP contribution in [-0.2, 0) is 0 Å². The van der Waals surface area contributed by atoms with Gasteiger partial charge in [0.05, 0.1) is 16.4 Å². The molecule has 0 spiro atoms. The summed E-state index contributed by atoms with van der Waals surface area (Å²) in [7, 11) is 0. The Balaban J connectivity index is 2.14. The van der Waals surface area contributed by atoms with Gasteiger partial charge in [-0.1, -0.05) is 0 Å². The van der Waals surface area contributed by atoms with Crippen molar-refractivity contribution in [1.29, 1.82) is 0 Å². The molecule has 0 amide bonds. The van der Waals surface area contributed by atoms with E-state index in [2.05, 4.69) is 10.3 Å². The van der Waals surface area contributed by atoms with Crippen molar-refractivity contribution in [3.63, 3.8) is 0 Å². The molecule has 0 radical (unpaired) electrons. The van der Waals surface area contributed by atoms with Crippen LogP contribution in [0.25, 0.3) is 10.8 Å². The fourth-order valence-electron chi connectivity index (χ4n) is 2.19. The van der Waals surface area contributed by atoms with Crippen LogP contribution in [0.3, 0.4) is 0 Å². The number of halogens is 3. The molecular weight excluding hydrogens is 311 g/mol. The van der Waals surface area contributed by atoms with Crippen LogP contribution in [0.15, 0.2) is 42.6 Å². The molecule has 0 aliphatic heterocycles. The molecular formula is C15H8F3N3O2. The van der Waals surface area contributed by atoms with Crippen LogP contribution in [0.2, 0.25) is 0 Å². The van der Waals surface area contributed by atoms with Gasteiger partial charge < -0.3 is 5.32 Å². The molecule has 8 heteroatoms. The van der Waals surface area contributed by atoms with Gasteiger partial charge in [-0.2, -0.15) is 0 Å². The molecule has 0 atom stereocenters. The number of rotatable bonds is 3. The minimum atomic E-state index is -1.06. The Bertz CT molecular complexity index is 931. The molecule has 0 saturated carbocycles. The Morgan fingerprint density at radius 1 is 1.00 bits per heavy atom. The Morgan fingerprint density at radius 2 is 1.78 bits per heavy atom. The minimum absolute atomic E-state index is 0.0936. The number of nitro benzene ring substituents is 1. The van der Waals surface area contributed by atoms with Gasteiger partial charge in [-0.15, -0.1) is 0 Å². The fraction of sp³-hybridized carbons (Fsp3) is 0. The van der Waals surface area contributed by atoms with Gasteiger partial charge in [0.15, 0.2) is 11.6 Å². The molecule has 116 valence electrons. The maximum atomic E-state index is 13.6. The molecule has 1 aromatic heterocycles. The van der Waals surface area contributed by atoms with Gasteiger partial charge in [-0.3, -0.25) is 10.1 Å². The average Bonchev–Trinajstić information content (AvgIpc) is 2.50. The molecule has 3 rings (SSSR count). The maximum Gasteiger partial charge on any atom is 0.280 e. The zero-order valence-electron chi connectivity index (χ0n) is 11.4. The van der Waals surface area contributed by atoms with E-state index < -0.39 is 28.1 Å². The molecule has 23 heavy (non-hydrogen) atoms. The van der Waals surface area contributed by atoms with Gasteiger partial charge in [0.1, 0.15) is 11.6 Å². The number of aromatic nitrogens is 1. The number of anilines is 2. The number of nitrogens with zero attached hydrogens (tertiary/aromatic N) is 2. The SMILES string of the molecule is O=[N+]([O-])c1cc(F)cc2c(Nc3ccc(F)c(F)c3)nccc12. The summed E-state index contributed by atoms with van der Waals surface area (Å²) < 4.78 is 39.8. The van der Waals surface area contributed by atoms with Gasteiger partial charge in [-0.25, -0.2) is 18.2 Å². The van der Waals surface area contributed by atoms with Crippen molar-refractivity contribution < 1.29 is 18.1 Å². The van der Waals surface area contributed by atoms with Crippen LogP contribution in [0.1, 0.15) is 0 Å². The zero-order valence-corrected chi connectivity index (χ0v) is 11.4. The first-order chi connectivity index (χ1) is 11.0. The molecule has 0 aliphatic carbocycles. The van der Waals surface area contributed by atoms with Gasteiger partial charge >= 0.3 is 0 Å². The van der Waals surface area contributed by atoms with Crippen molar-refractivity contribution in [2.75, 3.05) is 5.32 Å². The van der Waals surface area contributed by atoms with E-state index in [-0.39, 0.29) is 22.3 Å². The van der Waals surface area contributed by atoms with E-state index in [0.717, 1.165) is 24.3 Å². The molecule has 2 aromatic carbocycles. The molecule has 5 nitrogen and oxygen atoms in total. The molecule has 0 unspecified atom stereocenters. The predicted octanol–water partition coefficient (Wildman–Crippen LogP) is 4.30. The van der Waals surface area contributed by atoms with E-state index in [4.69, 9.17) is 0 Å². The first-order valence-electron chi connectivity index (χ1n) is 6.40. The highest BCUT2D eigenvalue weighted by atomic mass is 19.2. The topological polar surface area (TPSA) is 68.1 Å². The highest BCUT2D eigenvalue weighted by Crippen LogP contribution is 2.32. The third-order valence-corrected chi connectivity index (χ3v) is 3.20. The Kier molecular flexibility index (Phi) is 3.57. The van der Waals surface area contributed by atoms with Crippen LogP contribution < -0.4 is 5.32 Å². The van der Waals surface area contributed by atoms with Crippen molar-refractivity contribution in [3.8, 4) is 0 Å². The molecule has 0 saturated heterocycles. The summed E-state index contributed by atoms with van der Waals surface area (Å²) in [5.41, 5.74) is -0.230.